The molecule has 0 bridgehead atoms. The third-order valence-electron chi connectivity index (χ3n) is 3.04. The molecule has 0 saturated carbocycles. The number of hydrogen-bond donors (Lipinski definition) is 2. The van der Waals surface area contributed by atoms with Gasteiger partial charge in [-0.1, -0.05) is 0 Å². The number of hydroxylamine groups is 3. The molecule has 2 N–H and O–H groups in total. The molecule has 0 radical (unpaired) electrons. The first kappa shape index (κ1) is 23.3. The van der Waals surface area contributed by atoms with Gasteiger partial charge in [-0.05, 0) is 6.42 Å². The number of sulfonamides is 1. The summed E-state index contributed by atoms with van der Waals surface area (Å²) in [6, 6.07) is 0. The highest BCUT2D eigenvalue weighted by molar-refractivity contribution is 7.89. The minimum absolute atomic E-state index is 0.163. The molecule has 0 spiro atoms. The molecule has 0 saturated heterocycles. The summed E-state index contributed by atoms with van der Waals surface area (Å²) in [5, 5.41) is 9.34. The summed E-state index contributed by atoms with van der Waals surface area (Å²) in [5.41, 5.74) is -5.45. The zero-order valence-electron chi connectivity index (χ0n) is 13.0. The van der Waals surface area contributed by atoms with Crippen molar-refractivity contribution in [3.05, 3.63) is 0 Å². The second kappa shape index (κ2) is 7.70. The Morgan fingerprint density at radius 2 is 1.42 bits per heavy atom. The molecule has 0 rings (SSSR count). The van der Waals surface area contributed by atoms with Gasteiger partial charge in [-0.15, -0.1) is 0 Å². The average molecular weight is 393 g/mol. The SMILES string of the molecule is C[N+](C)(O)CCCNS(=O)(=O)CCCC(F)(C(F)(F)F)C(F)(F)F. The van der Waals surface area contributed by atoms with Crippen molar-refractivity contribution in [1.29, 1.82) is 0 Å². The molecule has 0 aromatic rings. The lowest BCUT2D eigenvalue weighted by Crippen LogP contribution is -2.53. The number of hydrogen-bond acceptors (Lipinski definition) is 3. The summed E-state index contributed by atoms with van der Waals surface area (Å²) in [6.07, 6.45) is -15.4. The van der Waals surface area contributed by atoms with E-state index in [0.717, 1.165) is 0 Å². The predicted molar refractivity (Wildman–Crippen MR) is 70.4 cm³/mol. The van der Waals surface area contributed by atoms with Crippen LogP contribution < -0.4 is 4.72 Å². The van der Waals surface area contributed by atoms with Crippen LogP contribution in [-0.2, 0) is 10.0 Å². The van der Waals surface area contributed by atoms with E-state index in [1.54, 1.807) is 0 Å². The highest BCUT2D eigenvalue weighted by Crippen LogP contribution is 2.48. The van der Waals surface area contributed by atoms with E-state index in [4.69, 9.17) is 0 Å². The van der Waals surface area contributed by atoms with Crippen LogP contribution in [0.25, 0.3) is 0 Å². The van der Waals surface area contributed by atoms with Crippen LogP contribution >= 0.6 is 0 Å². The summed E-state index contributed by atoms with van der Waals surface area (Å²) >= 11 is 0. The molecule has 0 aliphatic rings. The smallest absolute Gasteiger partial charge is 0.224 e. The molecule has 0 unspecified atom stereocenters. The minimum atomic E-state index is -6.19. The van der Waals surface area contributed by atoms with E-state index in [0.29, 0.717) is 0 Å². The number of quaternary nitrogens is 1. The van der Waals surface area contributed by atoms with Gasteiger partial charge >= 0.3 is 12.4 Å². The number of nitrogens with one attached hydrogen (secondary N) is 1. The summed E-state index contributed by atoms with van der Waals surface area (Å²) < 4.78 is 112. The predicted octanol–water partition coefficient (Wildman–Crippen LogP) is 2.37. The Balaban J connectivity index is 4.56. The molecule has 0 atom stereocenters. The van der Waals surface area contributed by atoms with Crippen molar-refractivity contribution in [1.82, 2.24) is 4.72 Å². The van der Waals surface area contributed by atoms with Gasteiger partial charge in [-0.3, -0.25) is 0 Å². The quantitative estimate of drug-likeness (QED) is 0.274. The van der Waals surface area contributed by atoms with Gasteiger partial charge in [0.1, 0.15) is 6.54 Å². The Bertz CT molecular complexity index is 483. The van der Waals surface area contributed by atoms with Crippen LogP contribution in [0.3, 0.4) is 0 Å². The van der Waals surface area contributed by atoms with Crippen LogP contribution in [0.4, 0.5) is 30.7 Å². The molecule has 0 fully saturated rings. The van der Waals surface area contributed by atoms with Gasteiger partial charge in [0, 0.05) is 19.4 Å². The van der Waals surface area contributed by atoms with Gasteiger partial charge in [0.05, 0.1) is 19.8 Å². The first-order valence-corrected chi connectivity index (χ1v) is 8.42. The topological polar surface area (TPSA) is 66.4 Å². The molecule has 0 aromatic heterocycles. The Kier molecular flexibility index (Phi) is 7.49. The molecular weight excluding hydrogens is 373 g/mol. The largest absolute Gasteiger partial charge is 0.431 e. The van der Waals surface area contributed by atoms with Gasteiger partial charge < -0.3 is 0 Å². The third kappa shape index (κ3) is 7.49. The fraction of sp³-hybridized carbons (Fsp3) is 1.00. The van der Waals surface area contributed by atoms with Crippen molar-refractivity contribution in [3.8, 4) is 0 Å². The molecule has 0 amide bonds. The standard InChI is InChI=1S/C11H20F7N2O3S/c1-20(2,21)7-4-6-19-24(22,23)8-3-5-9(12,10(13,14)15)11(16,17)18/h19,21H,3-8H2,1-2H3/q+1. The Hall–Kier alpha value is -0.660. The highest BCUT2D eigenvalue weighted by Gasteiger charge is 2.71. The van der Waals surface area contributed by atoms with Crippen LogP contribution in [0.2, 0.25) is 0 Å². The van der Waals surface area contributed by atoms with Gasteiger partial charge in [0.2, 0.25) is 10.0 Å². The lowest BCUT2D eigenvalue weighted by molar-refractivity contribution is -1.07. The summed E-state index contributed by atoms with van der Waals surface area (Å²) in [5.74, 6) is -1.08. The van der Waals surface area contributed by atoms with Crippen molar-refractivity contribution in [2.75, 3.05) is 32.9 Å². The monoisotopic (exact) mass is 393 g/mol. The average Bonchev–Trinajstić information content (AvgIpc) is 2.30. The molecule has 24 heavy (non-hydrogen) atoms. The van der Waals surface area contributed by atoms with Crippen LogP contribution in [0, 0.1) is 0 Å². The minimum Gasteiger partial charge on any atom is -0.224 e. The van der Waals surface area contributed by atoms with Crippen molar-refractivity contribution >= 4 is 10.0 Å². The van der Waals surface area contributed by atoms with Crippen molar-refractivity contribution < 1.29 is 49.0 Å². The fourth-order valence-electron chi connectivity index (χ4n) is 1.72. The maximum absolute atomic E-state index is 13.3. The molecule has 0 heterocycles. The number of rotatable bonds is 9. The van der Waals surface area contributed by atoms with E-state index in [1.807, 2.05) is 4.72 Å². The molecule has 5 nitrogen and oxygen atoms in total. The maximum Gasteiger partial charge on any atom is 0.431 e. The Morgan fingerprint density at radius 3 is 1.79 bits per heavy atom. The van der Waals surface area contributed by atoms with Crippen LogP contribution in [0.5, 0.6) is 0 Å². The van der Waals surface area contributed by atoms with E-state index < -0.39 is 51.3 Å². The molecule has 13 heteroatoms. The van der Waals surface area contributed by atoms with Crippen LogP contribution in [-0.4, -0.2) is 69.2 Å². The summed E-state index contributed by atoms with van der Waals surface area (Å²) in [4.78, 5) is 0. The van der Waals surface area contributed by atoms with Crippen LogP contribution in [0.1, 0.15) is 19.3 Å². The van der Waals surface area contributed by atoms with E-state index in [1.165, 1.54) is 14.1 Å². The second-order valence-electron chi connectivity index (χ2n) is 5.81. The van der Waals surface area contributed by atoms with Crippen molar-refractivity contribution in [2.45, 2.75) is 37.3 Å². The zero-order valence-corrected chi connectivity index (χ0v) is 13.8. The zero-order chi connectivity index (χ0) is 19.4. The van der Waals surface area contributed by atoms with Crippen molar-refractivity contribution in [2.24, 2.45) is 0 Å². The lowest BCUT2D eigenvalue weighted by Gasteiger charge is -2.29. The molecular formula is C11H20F7N2O3S+. The van der Waals surface area contributed by atoms with Gasteiger partial charge in [0.25, 0.3) is 5.67 Å². The number of alkyl halides is 7. The van der Waals surface area contributed by atoms with Gasteiger partial charge in [-0.2, -0.15) is 31.0 Å². The van der Waals surface area contributed by atoms with E-state index in [2.05, 4.69) is 0 Å². The Morgan fingerprint density at radius 1 is 0.958 bits per heavy atom. The van der Waals surface area contributed by atoms with E-state index in [-0.39, 0.29) is 19.5 Å². The normalized spacial score (nSPS) is 14.9. The van der Waals surface area contributed by atoms with Gasteiger partial charge in [-0.25, -0.2) is 22.7 Å². The van der Waals surface area contributed by atoms with Gasteiger partial charge in [0.15, 0.2) is 0 Å². The first-order chi connectivity index (χ1) is 10.4. The molecule has 0 aromatic carbocycles. The first-order valence-electron chi connectivity index (χ1n) is 6.77. The van der Waals surface area contributed by atoms with E-state index >= 15 is 0 Å². The summed E-state index contributed by atoms with van der Waals surface area (Å²) in [6.45, 7) is 0.00212. The highest BCUT2D eigenvalue weighted by atomic mass is 32.2. The third-order valence-corrected chi connectivity index (χ3v) is 4.51. The van der Waals surface area contributed by atoms with E-state index in [9.17, 15) is 44.4 Å². The molecule has 0 aliphatic heterocycles. The maximum atomic E-state index is 13.3. The number of halogens is 7. The lowest BCUT2D eigenvalue weighted by atomic mass is 9.99. The Labute approximate surface area is 135 Å². The summed E-state index contributed by atoms with van der Waals surface area (Å²) in [7, 11) is -1.31. The van der Waals surface area contributed by atoms with Crippen molar-refractivity contribution in [3.63, 3.8) is 0 Å². The van der Waals surface area contributed by atoms with Crippen LogP contribution in [0.15, 0.2) is 0 Å². The fourth-order valence-corrected chi connectivity index (χ4v) is 2.84. The molecule has 0 aliphatic carbocycles. The number of nitrogens with zero attached hydrogens (tertiary/aromatic N) is 1. The molecule has 146 valence electrons. The second-order valence-corrected chi connectivity index (χ2v) is 7.74.